The number of nitrogens with one attached hydrogen (secondary N) is 1. The van der Waals surface area contributed by atoms with Crippen molar-refractivity contribution < 1.29 is 4.79 Å². The van der Waals surface area contributed by atoms with E-state index < -0.39 is 0 Å². The molecule has 39 heavy (non-hydrogen) atoms. The van der Waals surface area contributed by atoms with Gasteiger partial charge >= 0.3 is 6.03 Å². The Hall–Kier alpha value is -3.09. The number of hydrogen-bond acceptors (Lipinski definition) is 3. The fraction of sp³-hybridized carbons (Fsp3) is 0.226. The van der Waals surface area contributed by atoms with E-state index >= 15 is 0 Å². The maximum Gasteiger partial charge on any atom is 0.326 e. The number of aromatic nitrogens is 1. The van der Waals surface area contributed by atoms with Gasteiger partial charge in [0.1, 0.15) is 0 Å². The van der Waals surface area contributed by atoms with Crippen molar-refractivity contribution in [2.24, 2.45) is 5.92 Å². The number of benzene rings is 3. The van der Waals surface area contributed by atoms with Gasteiger partial charge in [-0.1, -0.05) is 72.1 Å². The number of likely N-dealkylation sites (tertiary alicyclic amines) is 1. The van der Waals surface area contributed by atoms with Gasteiger partial charge in [-0.05, 0) is 59.0 Å². The molecule has 3 heterocycles. The number of carbonyl (C=O) groups is 1. The van der Waals surface area contributed by atoms with Gasteiger partial charge in [-0.15, -0.1) is 0 Å². The van der Waals surface area contributed by atoms with Gasteiger partial charge in [0.05, 0.1) is 21.4 Å². The number of para-hydroxylation sites is 1. The van der Waals surface area contributed by atoms with Crippen molar-refractivity contribution in [2.75, 3.05) is 18.0 Å². The van der Waals surface area contributed by atoms with Crippen LogP contribution in [-0.4, -0.2) is 29.0 Å². The molecule has 198 valence electrons. The lowest BCUT2D eigenvalue weighted by Gasteiger charge is -2.34. The number of amides is 2. The lowest BCUT2D eigenvalue weighted by molar-refractivity contribution is 0.247. The molecule has 3 aromatic carbocycles. The van der Waals surface area contributed by atoms with E-state index in [2.05, 4.69) is 46.4 Å². The Morgan fingerprint density at radius 1 is 0.897 bits per heavy atom. The van der Waals surface area contributed by atoms with Gasteiger partial charge in [-0.2, -0.15) is 0 Å². The maximum absolute atomic E-state index is 13.4. The minimum atomic E-state index is -0.265. The average molecular weight is 578 g/mol. The van der Waals surface area contributed by atoms with Crippen molar-refractivity contribution in [1.29, 1.82) is 0 Å². The number of carbonyl (C=O) groups excluding carboxylic acids is 1. The number of rotatable bonds is 5. The van der Waals surface area contributed by atoms with Crippen LogP contribution in [0, 0.1) is 5.92 Å². The summed E-state index contributed by atoms with van der Waals surface area (Å²) in [7, 11) is 0. The third-order valence-corrected chi connectivity index (χ3v) is 8.65. The summed E-state index contributed by atoms with van der Waals surface area (Å²) < 4.78 is 0. The Bertz CT molecular complexity index is 1520. The molecule has 0 bridgehead atoms. The Kier molecular flexibility index (Phi) is 7.25. The fourth-order valence-corrected chi connectivity index (χ4v) is 6.66. The molecule has 1 saturated heterocycles. The van der Waals surface area contributed by atoms with Crippen molar-refractivity contribution in [2.45, 2.75) is 25.9 Å². The number of pyridine rings is 1. The number of nitrogens with zero attached hydrogens (tertiary/aromatic N) is 3. The van der Waals surface area contributed by atoms with Crippen LogP contribution in [0.25, 0.3) is 11.1 Å². The van der Waals surface area contributed by atoms with Gasteiger partial charge in [-0.3, -0.25) is 14.8 Å². The third-order valence-electron chi connectivity index (χ3n) is 7.71. The molecule has 6 rings (SSSR count). The molecular formula is C31H27Cl3N4O. The maximum atomic E-state index is 13.4. The van der Waals surface area contributed by atoms with E-state index in [1.807, 2.05) is 36.7 Å². The van der Waals surface area contributed by atoms with Crippen LogP contribution in [0.15, 0.2) is 79.1 Å². The van der Waals surface area contributed by atoms with Crippen LogP contribution >= 0.6 is 34.8 Å². The molecular weight excluding hydrogens is 551 g/mol. The fourth-order valence-electron chi connectivity index (χ4n) is 5.85. The second-order valence-corrected chi connectivity index (χ2v) is 11.5. The zero-order valence-electron chi connectivity index (χ0n) is 21.4. The summed E-state index contributed by atoms with van der Waals surface area (Å²) >= 11 is 20.0. The highest BCUT2D eigenvalue weighted by molar-refractivity contribution is 6.40. The molecule has 1 fully saturated rings. The lowest BCUT2D eigenvalue weighted by Crippen LogP contribution is -2.41. The van der Waals surface area contributed by atoms with Crippen molar-refractivity contribution in [3.8, 4) is 11.1 Å². The molecule has 1 aromatic heterocycles. The van der Waals surface area contributed by atoms with Gasteiger partial charge in [-0.25, -0.2) is 4.79 Å². The molecule has 2 amide bonds. The molecule has 2 unspecified atom stereocenters. The van der Waals surface area contributed by atoms with Crippen LogP contribution in [-0.2, 0) is 13.1 Å². The molecule has 2 aliphatic rings. The smallest absolute Gasteiger partial charge is 0.326 e. The summed E-state index contributed by atoms with van der Waals surface area (Å²) in [6.45, 7) is 5.42. The molecule has 0 saturated carbocycles. The second-order valence-electron chi connectivity index (χ2n) is 10.2. The predicted octanol–water partition coefficient (Wildman–Crippen LogP) is 8.31. The standard InChI is InChI=1S/C31H27Cl3N4O/c1-19-16-37(17-20-9-11-35-12-10-20)18-25(19)21-13-23(22-5-2-3-6-26(22)32)24-15-36-31(39)38(29(24)14-21)30-27(33)7-4-8-28(30)34/h2-14,19,25H,15-18H2,1H3,(H,36,39). The Morgan fingerprint density at radius 2 is 1.62 bits per heavy atom. The second kappa shape index (κ2) is 10.8. The molecule has 0 spiro atoms. The highest BCUT2D eigenvalue weighted by Crippen LogP contribution is 2.46. The number of halogens is 3. The van der Waals surface area contributed by atoms with Crippen LogP contribution < -0.4 is 10.2 Å². The Balaban J connectivity index is 1.49. The first kappa shape index (κ1) is 26.1. The Morgan fingerprint density at radius 3 is 2.36 bits per heavy atom. The monoisotopic (exact) mass is 576 g/mol. The van der Waals surface area contributed by atoms with E-state index in [1.54, 1.807) is 23.1 Å². The molecule has 0 radical (unpaired) electrons. The van der Waals surface area contributed by atoms with E-state index in [1.165, 1.54) is 5.56 Å². The van der Waals surface area contributed by atoms with E-state index in [4.69, 9.17) is 34.8 Å². The third kappa shape index (κ3) is 5.01. The summed E-state index contributed by atoms with van der Waals surface area (Å²) in [5.74, 6) is 0.686. The first-order chi connectivity index (χ1) is 18.9. The first-order valence-electron chi connectivity index (χ1n) is 13.0. The van der Waals surface area contributed by atoms with Gasteiger partial charge in [0, 0.05) is 60.6 Å². The summed E-state index contributed by atoms with van der Waals surface area (Å²) in [6, 6.07) is 21.4. The molecule has 0 aliphatic carbocycles. The van der Waals surface area contributed by atoms with Gasteiger partial charge < -0.3 is 5.32 Å². The molecule has 1 N–H and O–H groups in total. The van der Waals surface area contributed by atoms with Crippen molar-refractivity contribution in [3.63, 3.8) is 0 Å². The lowest BCUT2D eigenvalue weighted by atomic mass is 9.85. The normalized spacial score (nSPS) is 19.2. The number of anilines is 2. The Labute approximate surface area is 243 Å². The highest BCUT2D eigenvalue weighted by Gasteiger charge is 2.35. The molecule has 4 aromatic rings. The highest BCUT2D eigenvalue weighted by atomic mass is 35.5. The SMILES string of the molecule is CC1CN(Cc2ccncc2)CC1c1cc(-c2ccccc2Cl)c2c(c1)N(c1c(Cl)cccc1Cl)C(=O)NC2. The largest absolute Gasteiger partial charge is 0.333 e. The molecule has 5 nitrogen and oxygen atoms in total. The van der Waals surface area contributed by atoms with E-state index in [-0.39, 0.29) is 11.9 Å². The van der Waals surface area contributed by atoms with Crippen LogP contribution in [0.4, 0.5) is 16.2 Å². The number of urea groups is 1. The average Bonchev–Trinajstić information content (AvgIpc) is 3.29. The molecule has 8 heteroatoms. The van der Waals surface area contributed by atoms with Crippen molar-refractivity contribution in [3.05, 3.63) is 111 Å². The zero-order chi connectivity index (χ0) is 27.1. The minimum Gasteiger partial charge on any atom is -0.333 e. The van der Waals surface area contributed by atoms with E-state index in [0.717, 1.165) is 47.6 Å². The predicted molar refractivity (Wildman–Crippen MR) is 159 cm³/mol. The molecule has 2 atom stereocenters. The van der Waals surface area contributed by atoms with Crippen LogP contribution in [0.1, 0.15) is 29.5 Å². The zero-order valence-corrected chi connectivity index (χ0v) is 23.6. The van der Waals surface area contributed by atoms with Gasteiger partial charge in [0.25, 0.3) is 0 Å². The van der Waals surface area contributed by atoms with Crippen LogP contribution in [0.5, 0.6) is 0 Å². The summed E-state index contributed by atoms with van der Waals surface area (Å²) in [6.07, 6.45) is 3.68. The van der Waals surface area contributed by atoms with E-state index in [0.29, 0.717) is 33.2 Å². The van der Waals surface area contributed by atoms with Crippen molar-refractivity contribution in [1.82, 2.24) is 15.2 Å². The topological polar surface area (TPSA) is 48.5 Å². The van der Waals surface area contributed by atoms with Gasteiger partial charge in [0.2, 0.25) is 0 Å². The van der Waals surface area contributed by atoms with E-state index in [9.17, 15) is 4.79 Å². The van der Waals surface area contributed by atoms with Crippen molar-refractivity contribution >= 4 is 52.2 Å². The quantitative estimate of drug-likeness (QED) is 0.259. The summed E-state index contributed by atoms with van der Waals surface area (Å²) in [5, 5.41) is 4.50. The minimum absolute atomic E-state index is 0.265. The summed E-state index contributed by atoms with van der Waals surface area (Å²) in [4.78, 5) is 21.6. The first-order valence-corrected chi connectivity index (χ1v) is 14.1. The van der Waals surface area contributed by atoms with Gasteiger partial charge in [0.15, 0.2) is 0 Å². The number of fused-ring (bicyclic) bond motifs is 1. The van der Waals surface area contributed by atoms with Crippen LogP contribution in [0.3, 0.4) is 0 Å². The number of hydrogen-bond donors (Lipinski definition) is 1. The van der Waals surface area contributed by atoms with Crippen LogP contribution in [0.2, 0.25) is 15.1 Å². The summed E-state index contributed by atoms with van der Waals surface area (Å²) in [5.41, 5.74) is 6.56. The molecule has 2 aliphatic heterocycles.